The fourth-order valence-corrected chi connectivity index (χ4v) is 2.68. The normalized spacial score (nSPS) is 11.2. The number of rotatable bonds is 1. The van der Waals surface area contributed by atoms with E-state index in [1.165, 1.54) is 44.4 Å². The lowest BCUT2D eigenvalue weighted by molar-refractivity contribution is 1.33. The van der Waals surface area contributed by atoms with Crippen molar-refractivity contribution >= 4 is 10.9 Å². The fourth-order valence-electron chi connectivity index (χ4n) is 2.68. The van der Waals surface area contributed by atoms with Crippen molar-refractivity contribution in [3.05, 3.63) is 58.7 Å². The predicted molar refractivity (Wildman–Crippen MR) is 82.7 cm³/mol. The topological polar surface area (TPSA) is 15.8 Å². The smallest absolute Gasteiger partial charge is 0.0488 e. The Hall–Kier alpha value is -2.02. The van der Waals surface area contributed by atoms with Gasteiger partial charge in [-0.3, -0.25) is 0 Å². The Kier molecular flexibility index (Phi) is 2.70. The van der Waals surface area contributed by atoms with E-state index < -0.39 is 0 Å². The molecule has 1 N–H and O–H groups in total. The van der Waals surface area contributed by atoms with Crippen LogP contribution in [-0.2, 0) is 0 Å². The molecule has 96 valence electrons. The summed E-state index contributed by atoms with van der Waals surface area (Å²) in [6.07, 6.45) is 0. The molecule has 0 unspecified atom stereocenters. The van der Waals surface area contributed by atoms with Crippen molar-refractivity contribution in [2.45, 2.75) is 27.7 Å². The highest BCUT2D eigenvalue weighted by Crippen LogP contribution is 2.28. The van der Waals surface area contributed by atoms with Gasteiger partial charge in [0, 0.05) is 16.6 Å². The van der Waals surface area contributed by atoms with Crippen molar-refractivity contribution in [2.24, 2.45) is 0 Å². The molecule has 0 saturated heterocycles. The summed E-state index contributed by atoms with van der Waals surface area (Å²) in [5, 5.41) is 1.30. The van der Waals surface area contributed by atoms with Crippen LogP contribution in [0.15, 0.2) is 36.4 Å². The summed E-state index contributed by atoms with van der Waals surface area (Å²) in [7, 11) is 0. The number of benzene rings is 2. The summed E-state index contributed by atoms with van der Waals surface area (Å²) < 4.78 is 0. The molecule has 0 fully saturated rings. The van der Waals surface area contributed by atoms with E-state index in [-0.39, 0.29) is 0 Å². The number of fused-ring (bicyclic) bond motifs is 1. The van der Waals surface area contributed by atoms with E-state index in [0.29, 0.717) is 0 Å². The second-order valence-corrected chi connectivity index (χ2v) is 5.53. The molecule has 1 aromatic heterocycles. The zero-order valence-corrected chi connectivity index (χ0v) is 12.0. The number of aromatic amines is 1. The standard InChI is InChI=1S/C18H19N/c1-11-7-14(4)18-16(8-11)10-17(19-18)15-6-5-12(2)13(3)9-15/h5-10,19H,1-4H3. The third kappa shape index (κ3) is 2.06. The Balaban J connectivity index is 2.20. The van der Waals surface area contributed by atoms with E-state index in [0.717, 1.165) is 0 Å². The van der Waals surface area contributed by atoms with Gasteiger partial charge in [0.05, 0.1) is 0 Å². The molecule has 0 spiro atoms. The van der Waals surface area contributed by atoms with Crippen LogP contribution in [-0.4, -0.2) is 4.98 Å². The van der Waals surface area contributed by atoms with Crippen molar-refractivity contribution in [3.63, 3.8) is 0 Å². The molecule has 0 atom stereocenters. The summed E-state index contributed by atoms with van der Waals surface area (Å²) in [4.78, 5) is 3.55. The molecule has 0 aliphatic rings. The zero-order valence-electron chi connectivity index (χ0n) is 12.0. The first-order chi connectivity index (χ1) is 9.04. The first-order valence-corrected chi connectivity index (χ1v) is 6.72. The molecular weight excluding hydrogens is 230 g/mol. The average molecular weight is 249 g/mol. The molecule has 2 aromatic carbocycles. The van der Waals surface area contributed by atoms with Crippen LogP contribution in [0.5, 0.6) is 0 Å². The number of aromatic nitrogens is 1. The largest absolute Gasteiger partial charge is 0.354 e. The molecule has 1 heterocycles. The minimum Gasteiger partial charge on any atom is -0.354 e. The molecule has 3 aromatic rings. The predicted octanol–water partition coefficient (Wildman–Crippen LogP) is 5.07. The van der Waals surface area contributed by atoms with E-state index in [1.807, 2.05) is 0 Å². The first kappa shape index (κ1) is 12.0. The highest BCUT2D eigenvalue weighted by molar-refractivity contribution is 5.88. The van der Waals surface area contributed by atoms with Gasteiger partial charge in [-0.15, -0.1) is 0 Å². The lowest BCUT2D eigenvalue weighted by Gasteiger charge is -2.03. The number of hydrogen-bond donors (Lipinski definition) is 1. The van der Waals surface area contributed by atoms with Crippen molar-refractivity contribution in [2.75, 3.05) is 0 Å². The van der Waals surface area contributed by atoms with Crippen LogP contribution < -0.4 is 0 Å². The van der Waals surface area contributed by atoms with Crippen LogP contribution >= 0.6 is 0 Å². The average Bonchev–Trinajstić information content (AvgIpc) is 2.76. The molecule has 3 rings (SSSR count). The Labute approximate surface area is 114 Å². The van der Waals surface area contributed by atoms with Gasteiger partial charge in [-0.2, -0.15) is 0 Å². The molecule has 0 radical (unpaired) electrons. The Bertz CT molecular complexity index is 763. The van der Waals surface area contributed by atoms with Crippen LogP contribution in [0.2, 0.25) is 0 Å². The van der Waals surface area contributed by atoms with Crippen LogP contribution in [0.4, 0.5) is 0 Å². The monoisotopic (exact) mass is 249 g/mol. The first-order valence-electron chi connectivity index (χ1n) is 6.72. The maximum Gasteiger partial charge on any atom is 0.0488 e. The molecule has 0 amide bonds. The quantitative estimate of drug-likeness (QED) is 0.620. The number of hydrogen-bond acceptors (Lipinski definition) is 0. The summed E-state index contributed by atoms with van der Waals surface area (Å²) in [6, 6.07) is 13.3. The SMILES string of the molecule is Cc1cc(C)c2[nH]c(-c3ccc(C)c(C)c3)cc2c1. The van der Waals surface area contributed by atoms with Gasteiger partial charge in [-0.05, 0) is 68.1 Å². The van der Waals surface area contributed by atoms with Crippen molar-refractivity contribution in [1.29, 1.82) is 0 Å². The zero-order chi connectivity index (χ0) is 13.6. The second-order valence-electron chi connectivity index (χ2n) is 5.53. The summed E-state index contributed by atoms with van der Waals surface area (Å²) >= 11 is 0. The highest BCUT2D eigenvalue weighted by Gasteiger charge is 2.06. The van der Waals surface area contributed by atoms with Gasteiger partial charge in [-0.1, -0.05) is 23.8 Å². The summed E-state index contributed by atoms with van der Waals surface area (Å²) in [5.74, 6) is 0. The van der Waals surface area contributed by atoms with E-state index in [4.69, 9.17) is 0 Å². The van der Waals surface area contributed by atoms with Gasteiger partial charge in [0.2, 0.25) is 0 Å². The van der Waals surface area contributed by atoms with Crippen LogP contribution in [0.25, 0.3) is 22.2 Å². The van der Waals surface area contributed by atoms with E-state index in [2.05, 4.69) is 69.1 Å². The fraction of sp³-hybridized carbons (Fsp3) is 0.222. The minimum atomic E-state index is 1.20. The lowest BCUT2D eigenvalue weighted by atomic mass is 10.0. The van der Waals surface area contributed by atoms with Gasteiger partial charge in [-0.25, -0.2) is 0 Å². The van der Waals surface area contributed by atoms with Gasteiger partial charge in [0.25, 0.3) is 0 Å². The molecule has 0 bridgehead atoms. The Morgan fingerprint density at radius 3 is 2.26 bits per heavy atom. The van der Waals surface area contributed by atoms with Gasteiger partial charge < -0.3 is 4.98 Å². The van der Waals surface area contributed by atoms with Crippen LogP contribution in [0.1, 0.15) is 22.3 Å². The second kappa shape index (κ2) is 4.27. The van der Waals surface area contributed by atoms with E-state index in [1.54, 1.807) is 0 Å². The van der Waals surface area contributed by atoms with Gasteiger partial charge >= 0.3 is 0 Å². The highest BCUT2D eigenvalue weighted by atomic mass is 14.7. The van der Waals surface area contributed by atoms with Crippen molar-refractivity contribution < 1.29 is 0 Å². The van der Waals surface area contributed by atoms with Crippen molar-refractivity contribution in [3.8, 4) is 11.3 Å². The molecule has 1 heteroatoms. The van der Waals surface area contributed by atoms with Gasteiger partial charge in [0.15, 0.2) is 0 Å². The Morgan fingerprint density at radius 2 is 1.53 bits per heavy atom. The third-order valence-corrected chi connectivity index (χ3v) is 3.89. The Morgan fingerprint density at radius 1 is 0.737 bits per heavy atom. The minimum absolute atomic E-state index is 1.20. The van der Waals surface area contributed by atoms with Crippen molar-refractivity contribution in [1.82, 2.24) is 4.98 Å². The van der Waals surface area contributed by atoms with Crippen LogP contribution in [0.3, 0.4) is 0 Å². The molecule has 0 saturated carbocycles. The lowest BCUT2D eigenvalue weighted by Crippen LogP contribution is -1.83. The number of aryl methyl sites for hydroxylation is 4. The maximum atomic E-state index is 3.55. The molecule has 1 nitrogen and oxygen atoms in total. The van der Waals surface area contributed by atoms with Gasteiger partial charge in [0.1, 0.15) is 0 Å². The summed E-state index contributed by atoms with van der Waals surface area (Å²) in [6.45, 7) is 8.62. The molecular formula is C18H19N. The molecule has 0 aliphatic heterocycles. The number of nitrogens with one attached hydrogen (secondary N) is 1. The van der Waals surface area contributed by atoms with E-state index >= 15 is 0 Å². The number of H-pyrrole nitrogens is 1. The third-order valence-electron chi connectivity index (χ3n) is 3.89. The van der Waals surface area contributed by atoms with Crippen LogP contribution in [0, 0.1) is 27.7 Å². The maximum absolute atomic E-state index is 3.55. The summed E-state index contributed by atoms with van der Waals surface area (Å²) in [5.41, 5.74) is 9.01. The van der Waals surface area contributed by atoms with E-state index in [9.17, 15) is 0 Å². The molecule has 0 aliphatic carbocycles. The molecule has 19 heavy (non-hydrogen) atoms.